The van der Waals surface area contributed by atoms with Crippen LogP contribution in [0.2, 0.25) is 0 Å². The van der Waals surface area contributed by atoms with Gasteiger partial charge in [-0.3, -0.25) is 5.10 Å². The Balaban J connectivity index is 1.71. The van der Waals surface area contributed by atoms with Crippen molar-refractivity contribution in [3.05, 3.63) is 48.5 Å². The van der Waals surface area contributed by atoms with Crippen LogP contribution >= 0.6 is 0 Å². The summed E-state index contributed by atoms with van der Waals surface area (Å²) >= 11 is 0. The number of halogens is 1. The maximum Gasteiger partial charge on any atom is 0.223 e. The molecule has 2 aromatic heterocycles. The molecule has 2 heterocycles. The van der Waals surface area contributed by atoms with Crippen LogP contribution in [0, 0.1) is 5.82 Å². The fraction of sp³-hybridized carbons (Fsp3) is 0.188. The van der Waals surface area contributed by atoms with Gasteiger partial charge in [-0.2, -0.15) is 5.10 Å². The minimum absolute atomic E-state index is 0.265. The third kappa shape index (κ3) is 2.55. The van der Waals surface area contributed by atoms with Gasteiger partial charge in [-0.15, -0.1) is 0 Å². The van der Waals surface area contributed by atoms with Crippen molar-refractivity contribution in [2.75, 3.05) is 5.32 Å². The summed E-state index contributed by atoms with van der Waals surface area (Å²) in [5.41, 5.74) is 3.24. The molecule has 0 bridgehead atoms. The van der Waals surface area contributed by atoms with Crippen LogP contribution in [0.25, 0.3) is 22.5 Å². The summed E-state index contributed by atoms with van der Waals surface area (Å²) in [5.74, 6) is 0.366. The Labute approximate surface area is 126 Å². The van der Waals surface area contributed by atoms with Crippen LogP contribution < -0.4 is 5.32 Å². The maximum absolute atomic E-state index is 13.1. The first-order valence-electron chi connectivity index (χ1n) is 7.19. The second kappa shape index (κ2) is 5.22. The van der Waals surface area contributed by atoms with E-state index in [4.69, 9.17) is 0 Å². The molecule has 0 atom stereocenters. The molecule has 4 rings (SSSR count). The van der Waals surface area contributed by atoms with Crippen molar-refractivity contribution in [3.63, 3.8) is 0 Å². The molecule has 1 aromatic carbocycles. The highest BCUT2D eigenvalue weighted by atomic mass is 19.1. The van der Waals surface area contributed by atoms with E-state index in [-0.39, 0.29) is 5.82 Å². The van der Waals surface area contributed by atoms with Gasteiger partial charge in [0.05, 0.1) is 5.69 Å². The monoisotopic (exact) mass is 295 g/mol. The highest BCUT2D eigenvalue weighted by Gasteiger charge is 2.22. The molecule has 3 aromatic rings. The SMILES string of the molecule is Fc1ccc(-c2n[nH]cc2-c2ccnc(NC3CC3)n2)cc1. The quantitative estimate of drug-likeness (QED) is 0.775. The van der Waals surface area contributed by atoms with Gasteiger partial charge in [-0.1, -0.05) is 0 Å². The smallest absolute Gasteiger partial charge is 0.223 e. The molecule has 22 heavy (non-hydrogen) atoms. The third-order valence-corrected chi connectivity index (χ3v) is 3.60. The number of hydrogen-bond acceptors (Lipinski definition) is 4. The van der Waals surface area contributed by atoms with Gasteiger partial charge in [0.25, 0.3) is 0 Å². The molecule has 2 N–H and O–H groups in total. The summed E-state index contributed by atoms with van der Waals surface area (Å²) in [6, 6.07) is 8.60. The number of anilines is 1. The van der Waals surface area contributed by atoms with E-state index in [1.807, 2.05) is 6.07 Å². The van der Waals surface area contributed by atoms with Gasteiger partial charge in [0.2, 0.25) is 5.95 Å². The zero-order valence-corrected chi connectivity index (χ0v) is 11.8. The van der Waals surface area contributed by atoms with Crippen molar-refractivity contribution in [1.82, 2.24) is 20.2 Å². The normalized spacial score (nSPS) is 14.0. The maximum atomic E-state index is 13.1. The number of nitrogens with one attached hydrogen (secondary N) is 2. The van der Waals surface area contributed by atoms with Crippen molar-refractivity contribution in [2.45, 2.75) is 18.9 Å². The standard InChI is InChI=1S/C16H14FN5/c17-11-3-1-10(2-4-11)15-13(9-19-22-15)14-7-8-18-16(21-14)20-12-5-6-12/h1-4,7-9,12H,5-6H2,(H,19,22)(H,18,20,21). The first-order chi connectivity index (χ1) is 10.8. The first-order valence-corrected chi connectivity index (χ1v) is 7.19. The molecule has 0 unspecified atom stereocenters. The molecule has 1 aliphatic carbocycles. The number of aromatic nitrogens is 4. The number of rotatable bonds is 4. The van der Waals surface area contributed by atoms with Crippen LogP contribution in [0.4, 0.5) is 10.3 Å². The van der Waals surface area contributed by atoms with Crippen LogP contribution in [-0.2, 0) is 0 Å². The van der Waals surface area contributed by atoms with Crippen molar-refractivity contribution in [3.8, 4) is 22.5 Å². The van der Waals surface area contributed by atoms with Gasteiger partial charge in [0.1, 0.15) is 11.5 Å². The lowest BCUT2D eigenvalue weighted by Gasteiger charge is -2.05. The second-order valence-corrected chi connectivity index (χ2v) is 5.34. The number of benzene rings is 1. The number of H-pyrrole nitrogens is 1. The first kappa shape index (κ1) is 12.9. The predicted octanol–water partition coefficient (Wildman–Crippen LogP) is 3.25. The summed E-state index contributed by atoms with van der Waals surface area (Å²) in [4.78, 5) is 8.78. The van der Waals surface area contributed by atoms with Crippen LogP contribution in [0.3, 0.4) is 0 Å². The van der Waals surface area contributed by atoms with E-state index in [9.17, 15) is 4.39 Å². The van der Waals surface area contributed by atoms with Gasteiger partial charge >= 0.3 is 0 Å². The molecule has 0 spiro atoms. The Morgan fingerprint density at radius 3 is 2.73 bits per heavy atom. The van der Waals surface area contributed by atoms with Crippen molar-refractivity contribution >= 4 is 5.95 Å². The zero-order valence-electron chi connectivity index (χ0n) is 11.8. The molecule has 1 fully saturated rings. The van der Waals surface area contributed by atoms with E-state index in [0.717, 1.165) is 22.5 Å². The van der Waals surface area contributed by atoms with E-state index in [1.165, 1.54) is 25.0 Å². The highest BCUT2D eigenvalue weighted by Crippen LogP contribution is 2.30. The molecular formula is C16H14FN5. The van der Waals surface area contributed by atoms with Gasteiger partial charge in [0, 0.05) is 29.6 Å². The summed E-state index contributed by atoms with van der Waals surface area (Å²) in [6.45, 7) is 0. The second-order valence-electron chi connectivity index (χ2n) is 5.34. The third-order valence-electron chi connectivity index (χ3n) is 3.60. The topological polar surface area (TPSA) is 66.5 Å². The Hall–Kier alpha value is -2.76. The van der Waals surface area contributed by atoms with Gasteiger partial charge < -0.3 is 5.32 Å². The lowest BCUT2D eigenvalue weighted by atomic mass is 10.1. The highest BCUT2D eigenvalue weighted by molar-refractivity contribution is 5.78. The molecule has 5 nitrogen and oxygen atoms in total. The van der Waals surface area contributed by atoms with Gasteiger partial charge in [-0.25, -0.2) is 14.4 Å². The molecule has 1 aliphatic rings. The predicted molar refractivity (Wildman–Crippen MR) is 81.7 cm³/mol. The van der Waals surface area contributed by atoms with E-state index in [1.54, 1.807) is 24.5 Å². The molecule has 0 aliphatic heterocycles. The molecule has 110 valence electrons. The molecule has 0 amide bonds. The lowest BCUT2D eigenvalue weighted by Crippen LogP contribution is -2.05. The molecule has 0 radical (unpaired) electrons. The Morgan fingerprint density at radius 1 is 1.14 bits per heavy atom. The van der Waals surface area contributed by atoms with E-state index >= 15 is 0 Å². The Morgan fingerprint density at radius 2 is 1.95 bits per heavy atom. The minimum atomic E-state index is -0.265. The van der Waals surface area contributed by atoms with Crippen LogP contribution in [0.1, 0.15) is 12.8 Å². The summed E-state index contributed by atoms with van der Waals surface area (Å²) < 4.78 is 13.1. The molecule has 6 heteroatoms. The van der Waals surface area contributed by atoms with Crippen LogP contribution in [-0.4, -0.2) is 26.2 Å². The van der Waals surface area contributed by atoms with Gasteiger partial charge in [0.15, 0.2) is 0 Å². The fourth-order valence-electron chi connectivity index (χ4n) is 2.30. The van der Waals surface area contributed by atoms with Crippen LogP contribution in [0.15, 0.2) is 42.7 Å². The minimum Gasteiger partial charge on any atom is -0.351 e. The average molecular weight is 295 g/mol. The van der Waals surface area contributed by atoms with Crippen LogP contribution in [0.5, 0.6) is 0 Å². The number of hydrogen-bond donors (Lipinski definition) is 2. The van der Waals surface area contributed by atoms with Gasteiger partial charge in [-0.05, 0) is 43.2 Å². The van der Waals surface area contributed by atoms with E-state index in [0.29, 0.717) is 12.0 Å². The lowest BCUT2D eigenvalue weighted by molar-refractivity contribution is 0.628. The van der Waals surface area contributed by atoms with Crippen molar-refractivity contribution in [1.29, 1.82) is 0 Å². The zero-order chi connectivity index (χ0) is 14.9. The molecule has 1 saturated carbocycles. The number of aromatic amines is 1. The van der Waals surface area contributed by atoms with E-state index in [2.05, 4.69) is 25.5 Å². The largest absolute Gasteiger partial charge is 0.351 e. The molecule has 0 saturated heterocycles. The van der Waals surface area contributed by atoms with Crippen molar-refractivity contribution < 1.29 is 4.39 Å². The summed E-state index contributed by atoms with van der Waals surface area (Å²) in [5, 5.41) is 10.4. The average Bonchev–Trinajstić information content (AvgIpc) is 3.21. The Kier molecular flexibility index (Phi) is 3.07. The summed E-state index contributed by atoms with van der Waals surface area (Å²) in [6.07, 6.45) is 5.86. The van der Waals surface area contributed by atoms with Crippen molar-refractivity contribution in [2.24, 2.45) is 0 Å². The summed E-state index contributed by atoms with van der Waals surface area (Å²) in [7, 11) is 0. The Bertz CT molecular complexity index is 792. The number of nitrogens with zero attached hydrogens (tertiary/aromatic N) is 3. The van der Waals surface area contributed by atoms with E-state index < -0.39 is 0 Å². The fourth-order valence-corrected chi connectivity index (χ4v) is 2.30. The molecular weight excluding hydrogens is 281 g/mol.